The summed E-state index contributed by atoms with van der Waals surface area (Å²) in [6, 6.07) is 6.34. The molecule has 0 amide bonds. The number of benzene rings is 1. The molecule has 1 aromatic heterocycles. The van der Waals surface area contributed by atoms with Crippen LogP contribution in [0.1, 0.15) is 15.2 Å². The highest BCUT2D eigenvalue weighted by molar-refractivity contribution is 7.17. The zero-order chi connectivity index (χ0) is 13.0. The second-order valence-electron chi connectivity index (χ2n) is 3.60. The van der Waals surface area contributed by atoms with Crippen LogP contribution in [0.15, 0.2) is 24.3 Å². The lowest BCUT2D eigenvalue weighted by Gasteiger charge is -2.02. The van der Waals surface area contributed by atoms with E-state index >= 15 is 0 Å². The summed E-state index contributed by atoms with van der Waals surface area (Å²) in [5.41, 5.74) is 1.03. The number of carbonyl (C=O) groups is 1. The van der Waals surface area contributed by atoms with E-state index in [4.69, 9.17) is 11.6 Å². The Morgan fingerprint density at radius 2 is 2.11 bits per heavy atom. The molecule has 0 fully saturated rings. The van der Waals surface area contributed by atoms with Crippen molar-refractivity contribution in [3.8, 4) is 0 Å². The first-order valence-electron chi connectivity index (χ1n) is 5.29. The van der Waals surface area contributed by atoms with Crippen LogP contribution in [-0.2, 0) is 6.42 Å². The van der Waals surface area contributed by atoms with Crippen LogP contribution in [0.5, 0.6) is 0 Å². The molecule has 0 spiro atoms. The fourth-order valence-electron chi connectivity index (χ4n) is 1.43. The van der Waals surface area contributed by atoms with Crippen LogP contribution in [-0.4, -0.2) is 17.8 Å². The zero-order valence-electron chi connectivity index (χ0n) is 9.32. The summed E-state index contributed by atoms with van der Waals surface area (Å²) >= 11 is 6.96. The number of halogens is 2. The summed E-state index contributed by atoms with van der Waals surface area (Å²) in [6.07, 6.45) is 1.43. The fraction of sp³-hybridized carbons (Fsp3) is 0.167. The summed E-state index contributed by atoms with van der Waals surface area (Å²) in [4.78, 5) is 15.0. The van der Waals surface area contributed by atoms with Crippen LogP contribution in [0.4, 0.5) is 9.52 Å². The number of thiazole rings is 1. The second-order valence-corrected chi connectivity index (χ2v) is 4.98. The molecule has 18 heavy (non-hydrogen) atoms. The number of aldehydes is 1. The molecule has 0 unspecified atom stereocenters. The Morgan fingerprint density at radius 1 is 1.39 bits per heavy atom. The number of nitrogens with zero attached hydrogens (tertiary/aromatic N) is 1. The van der Waals surface area contributed by atoms with Gasteiger partial charge in [0.1, 0.15) is 10.7 Å². The first-order valence-corrected chi connectivity index (χ1v) is 6.48. The minimum Gasteiger partial charge on any atom is -0.361 e. The van der Waals surface area contributed by atoms with E-state index in [0.717, 1.165) is 12.0 Å². The minimum atomic E-state index is -0.242. The molecule has 0 saturated carbocycles. The van der Waals surface area contributed by atoms with Gasteiger partial charge in [-0.1, -0.05) is 35.1 Å². The van der Waals surface area contributed by atoms with E-state index in [1.807, 2.05) is 0 Å². The number of anilines is 1. The van der Waals surface area contributed by atoms with Gasteiger partial charge in [0.2, 0.25) is 0 Å². The normalized spacial score (nSPS) is 10.3. The molecule has 0 saturated heterocycles. The van der Waals surface area contributed by atoms with E-state index in [0.29, 0.717) is 22.8 Å². The summed E-state index contributed by atoms with van der Waals surface area (Å²) in [5, 5.41) is 3.91. The van der Waals surface area contributed by atoms with E-state index in [9.17, 15) is 9.18 Å². The molecule has 0 bridgehead atoms. The lowest BCUT2D eigenvalue weighted by Crippen LogP contribution is -2.04. The van der Waals surface area contributed by atoms with Gasteiger partial charge in [0.05, 0.1) is 0 Å². The second kappa shape index (κ2) is 5.93. The number of hydrogen-bond donors (Lipinski definition) is 1. The maximum absolute atomic E-state index is 12.7. The van der Waals surface area contributed by atoms with Gasteiger partial charge in [0.15, 0.2) is 16.6 Å². The quantitative estimate of drug-likeness (QED) is 0.856. The molecule has 0 radical (unpaired) electrons. The highest BCUT2D eigenvalue weighted by Crippen LogP contribution is 2.24. The summed E-state index contributed by atoms with van der Waals surface area (Å²) < 4.78 is 12.7. The minimum absolute atomic E-state index is 0.222. The van der Waals surface area contributed by atoms with Gasteiger partial charge < -0.3 is 5.32 Å². The SMILES string of the molecule is O=Cc1sc(NCCc2ccc(F)cc2)nc1Cl. The molecule has 0 aliphatic carbocycles. The van der Waals surface area contributed by atoms with Crippen molar-refractivity contribution < 1.29 is 9.18 Å². The number of aromatic nitrogens is 1. The number of rotatable bonds is 5. The summed E-state index contributed by atoms with van der Waals surface area (Å²) in [7, 11) is 0. The van der Waals surface area contributed by atoms with Gasteiger partial charge in [-0.15, -0.1) is 0 Å². The topological polar surface area (TPSA) is 42.0 Å². The number of hydrogen-bond acceptors (Lipinski definition) is 4. The molecular formula is C12H10ClFN2OS. The molecule has 3 nitrogen and oxygen atoms in total. The van der Waals surface area contributed by atoms with Crippen LogP contribution in [0.3, 0.4) is 0 Å². The molecular weight excluding hydrogens is 275 g/mol. The molecule has 94 valence electrons. The summed E-state index contributed by atoms with van der Waals surface area (Å²) in [6.45, 7) is 0.647. The van der Waals surface area contributed by atoms with E-state index in [-0.39, 0.29) is 11.0 Å². The lowest BCUT2D eigenvalue weighted by molar-refractivity contribution is 0.112. The lowest BCUT2D eigenvalue weighted by atomic mass is 10.1. The van der Waals surface area contributed by atoms with Crippen molar-refractivity contribution in [2.45, 2.75) is 6.42 Å². The van der Waals surface area contributed by atoms with E-state index in [2.05, 4.69) is 10.3 Å². The molecule has 2 rings (SSSR count). The molecule has 2 aromatic rings. The van der Waals surface area contributed by atoms with Gasteiger partial charge in [-0.3, -0.25) is 4.79 Å². The molecule has 0 aliphatic heterocycles. The highest BCUT2D eigenvalue weighted by atomic mass is 35.5. The largest absolute Gasteiger partial charge is 0.361 e. The van der Waals surface area contributed by atoms with Crippen molar-refractivity contribution in [1.29, 1.82) is 0 Å². The Kier molecular flexibility index (Phi) is 4.28. The van der Waals surface area contributed by atoms with Gasteiger partial charge in [0.25, 0.3) is 0 Å². The van der Waals surface area contributed by atoms with E-state index in [1.165, 1.54) is 23.5 Å². The van der Waals surface area contributed by atoms with Crippen LogP contribution in [0.2, 0.25) is 5.15 Å². The first kappa shape index (κ1) is 13.0. The Bertz CT molecular complexity index is 542. The molecule has 1 aromatic carbocycles. The predicted octanol–water partition coefficient (Wildman–Crippen LogP) is 3.40. The van der Waals surface area contributed by atoms with Crippen molar-refractivity contribution >= 4 is 34.4 Å². The van der Waals surface area contributed by atoms with Crippen molar-refractivity contribution in [3.63, 3.8) is 0 Å². The van der Waals surface area contributed by atoms with Crippen molar-refractivity contribution in [3.05, 3.63) is 45.7 Å². The predicted molar refractivity (Wildman–Crippen MR) is 71.1 cm³/mol. The van der Waals surface area contributed by atoms with Crippen LogP contribution < -0.4 is 5.32 Å². The average molecular weight is 285 g/mol. The third kappa shape index (κ3) is 3.27. The van der Waals surface area contributed by atoms with Gasteiger partial charge in [-0.05, 0) is 24.1 Å². The van der Waals surface area contributed by atoms with Crippen molar-refractivity contribution in [2.75, 3.05) is 11.9 Å². The van der Waals surface area contributed by atoms with Gasteiger partial charge in [-0.2, -0.15) is 0 Å². The molecule has 1 heterocycles. The maximum atomic E-state index is 12.7. The molecule has 6 heteroatoms. The molecule has 0 aliphatic rings. The monoisotopic (exact) mass is 284 g/mol. The van der Waals surface area contributed by atoms with Gasteiger partial charge >= 0.3 is 0 Å². The van der Waals surface area contributed by atoms with Crippen LogP contribution in [0, 0.1) is 5.82 Å². The Morgan fingerprint density at radius 3 is 2.72 bits per heavy atom. The summed E-state index contributed by atoms with van der Waals surface area (Å²) in [5.74, 6) is -0.242. The highest BCUT2D eigenvalue weighted by Gasteiger charge is 2.07. The third-order valence-electron chi connectivity index (χ3n) is 2.32. The van der Waals surface area contributed by atoms with Crippen molar-refractivity contribution in [1.82, 2.24) is 4.98 Å². The van der Waals surface area contributed by atoms with Gasteiger partial charge in [0, 0.05) is 6.54 Å². The maximum Gasteiger partial charge on any atom is 0.184 e. The molecule has 0 atom stereocenters. The Labute approximate surface area is 113 Å². The van der Waals surface area contributed by atoms with Crippen LogP contribution in [0.25, 0.3) is 0 Å². The van der Waals surface area contributed by atoms with Gasteiger partial charge in [-0.25, -0.2) is 9.37 Å². The number of nitrogens with one attached hydrogen (secondary N) is 1. The average Bonchev–Trinajstić information content (AvgIpc) is 2.72. The van der Waals surface area contributed by atoms with E-state index in [1.54, 1.807) is 12.1 Å². The fourth-order valence-corrected chi connectivity index (χ4v) is 2.42. The molecule has 1 N–H and O–H groups in total. The first-order chi connectivity index (χ1) is 8.69. The third-order valence-corrected chi connectivity index (χ3v) is 3.66. The van der Waals surface area contributed by atoms with E-state index < -0.39 is 0 Å². The standard InChI is InChI=1S/C12H10ClFN2OS/c13-11-10(7-17)18-12(16-11)15-6-5-8-1-3-9(14)4-2-8/h1-4,7H,5-6H2,(H,15,16). The Balaban J connectivity index is 1.88. The Hall–Kier alpha value is -1.46. The zero-order valence-corrected chi connectivity index (χ0v) is 10.9. The van der Waals surface area contributed by atoms with Crippen molar-refractivity contribution in [2.24, 2.45) is 0 Å². The smallest absolute Gasteiger partial charge is 0.184 e. The number of carbonyl (C=O) groups excluding carboxylic acids is 1. The van der Waals surface area contributed by atoms with Crippen LogP contribution >= 0.6 is 22.9 Å².